The molecule has 2 amide bonds. The highest BCUT2D eigenvalue weighted by atomic mass is 16.7. The Labute approximate surface area is 185 Å². The number of ether oxygens (including phenoxy) is 1. The summed E-state index contributed by atoms with van der Waals surface area (Å²) in [6, 6.07) is 22.6. The largest absolute Gasteiger partial charge is 0.504 e. The molecule has 3 aromatic carbocycles. The third-order valence-corrected chi connectivity index (χ3v) is 5.77. The molecule has 7 heteroatoms. The number of carbonyl (C=O) groups is 2. The fourth-order valence-corrected chi connectivity index (χ4v) is 4.37. The van der Waals surface area contributed by atoms with E-state index in [1.54, 1.807) is 41.5 Å². The van der Waals surface area contributed by atoms with Crippen LogP contribution in [0.5, 0.6) is 11.5 Å². The molecule has 0 saturated carbocycles. The van der Waals surface area contributed by atoms with Crippen molar-refractivity contribution in [3.8, 4) is 11.5 Å². The van der Waals surface area contributed by atoms with E-state index in [4.69, 9.17) is 9.57 Å². The zero-order valence-corrected chi connectivity index (χ0v) is 17.4. The molecule has 2 saturated heterocycles. The number of benzene rings is 3. The number of carbonyl (C=O) groups excluding carboxylic acids is 2. The topological polar surface area (TPSA) is 79.3 Å². The highest BCUT2D eigenvalue weighted by molar-refractivity contribution is 6.23. The van der Waals surface area contributed by atoms with Gasteiger partial charge < -0.3 is 9.84 Å². The van der Waals surface area contributed by atoms with Gasteiger partial charge in [0.1, 0.15) is 5.92 Å². The number of aromatic hydroxyl groups is 1. The van der Waals surface area contributed by atoms with E-state index in [1.807, 2.05) is 43.3 Å². The summed E-state index contributed by atoms with van der Waals surface area (Å²) in [7, 11) is 0. The van der Waals surface area contributed by atoms with Gasteiger partial charge in [-0.1, -0.05) is 42.5 Å². The minimum absolute atomic E-state index is 0.0112. The van der Waals surface area contributed by atoms with Crippen LogP contribution in [0.3, 0.4) is 0 Å². The summed E-state index contributed by atoms with van der Waals surface area (Å²) in [5.74, 6) is -1.13. The lowest BCUT2D eigenvalue weighted by molar-refractivity contribution is -0.126. The van der Waals surface area contributed by atoms with Crippen molar-refractivity contribution in [1.82, 2.24) is 0 Å². The third-order valence-electron chi connectivity index (χ3n) is 5.77. The van der Waals surface area contributed by atoms with Gasteiger partial charge in [-0.25, -0.2) is 9.96 Å². The van der Waals surface area contributed by atoms with E-state index in [0.717, 1.165) is 5.69 Å². The Kier molecular flexibility index (Phi) is 5.03. The highest BCUT2D eigenvalue weighted by Gasteiger charge is 2.60. The molecule has 2 aliphatic rings. The smallest absolute Gasteiger partial charge is 0.266 e. The monoisotopic (exact) mass is 430 g/mol. The predicted octanol–water partition coefficient (Wildman–Crippen LogP) is 3.84. The van der Waals surface area contributed by atoms with Crippen LogP contribution in [0, 0.1) is 5.92 Å². The second kappa shape index (κ2) is 8.01. The molecule has 3 atom stereocenters. The van der Waals surface area contributed by atoms with E-state index in [0.29, 0.717) is 23.6 Å². The van der Waals surface area contributed by atoms with Crippen molar-refractivity contribution < 1.29 is 24.3 Å². The summed E-state index contributed by atoms with van der Waals surface area (Å²) in [6.45, 7) is 2.21. The molecule has 0 radical (unpaired) electrons. The number of fused-ring (bicyclic) bond motifs is 1. The number of phenols is 1. The average molecular weight is 430 g/mol. The SMILES string of the molecule is CCOc1cc([C@H]2[C@@H]3C(=O)N(c4ccccc4)C(=O)[C@H]3ON2c2ccccc2)ccc1O. The summed E-state index contributed by atoms with van der Waals surface area (Å²) in [5.41, 5.74) is 1.95. The molecule has 0 aliphatic carbocycles. The van der Waals surface area contributed by atoms with Gasteiger partial charge in [-0.15, -0.1) is 0 Å². The number of nitrogens with zero attached hydrogens (tertiary/aromatic N) is 2. The molecule has 0 aromatic heterocycles. The van der Waals surface area contributed by atoms with Gasteiger partial charge in [0.25, 0.3) is 5.91 Å². The molecule has 3 aromatic rings. The molecule has 7 nitrogen and oxygen atoms in total. The van der Waals surface area contributed by atoms with Gasteiger partial charge in [0.05, 0.1) is 24.0 Å². The molecule has 2 aliphatic heterocycles. The van der Waals surface area contributed by atoms with Crippen LogP contribution in [0.15, 0.2) is 78.9 Å². The zero-order chi connectivity index (χ0) is 22.2. The zero-order valence-electron chi connectivity index (χ0n) is 17.4. The second-order valence-electron chi connectivity index (χ2n) is 7.67. The number of hydroxylamine groups is 1. The van der Waals surface area contributed by atoms with Crippen LogP contribution < -0.4 is 14.7 Å². The normalized spacial score (nSPS) is 22.3. The van der Waals surface area contributed by atoms with Crippen molar-refractivity contribution in [3.05, 3.63) is 84.4 Å². The first-order valence-electron chi connectivity index (χ1n) is 10.5. The maximum Gasteiger partial charge on any atom is 0.266 e. The van der Waals surface area contributed by atoms with Gasteiger partial charge in [0.2, 0.25) is 5.91 Å². The number of rotatable bonds is 5. The first-order valence-corrected chi connectivity index (χ1v) is 10.5. The lowest BCUT2D eigenvalue weighted by atomic mass is 9.90. The van der Waals surface area contributed by atoms with E-state index in [1.165, 1.54) is 11.0 Å². The minimum atomic E-state index is -0.947. The summed E-state index contributed by atoms with van der Waals surface area (Å²) in [4.78, 5) is 34.1. The van der Waals surface area contributed by atoms with Crippen molar-refractivity contribution >= 4 is 23.2 Å². The molecule has 0 bridgehead atoms. The summed E-state index contributed by atoms with van der Waals surface area (Å²) in [5, 5.41) is 11.8. The quantitative estimate of drug-likeness (QED) is 0.620. The molecule has 2 fully saturated rings. The van der Waals surface area contributed by atoms with Crippen LogP contribution >= 0.6 is 0 Å². The number of hydrogen-bond donors (Lipinski definition) is 1. The Morgan fingerprint density at radius 1 is 0.906 bits per heavy atom. The van der Waals surface area contributed by atoms with Gasteiger partial charge >= 0.3 is 0 Å². The molecule has 1 N–H and O–H groups in total. The molecule has 0 unspecified atom stereocenters. The number of phenolic OH excluding ortho intramolecular Hbond substituents is 1. The number of anilines is 2. The second-order valence-corrected chi connectivity index (χ2v) is 7.67. The van der Waals surface area contributed by atoms with Crippen molar-refractivity contribution in [3.63, 3.8) is 0 Å². The lowest BCUT2D eigenvalue weighted by Gasteiger charge is -2.29. The Morgan fingerprint density at radius 2 is 1.56 bits per heavy atom. The van der Waals surface area contributed by atoms with Crippen LogP contribution in [0.1, 0.15) is 18.5 Å². The lowest BCUT2D eigenvalue weighted by Crippen LogP contribution is -2.37. The van der Waals surface area contributed by atoms with E-state index in [2.05, 4.69) is 0 Å². The average Bonchev–Trinajstić information content (AvgIpc) is 3.33. The maximum atomic E-state index is 13.6. The van der Waals surface area contributed by atoms with Crippen LogP contribution in [-0.2, 0) is 14.4 Å². The molecule has 32 heavy (non-hydrogen) atoms. The Morgan fingerprint density at radius 3 is 2.22 bits per heavy atom. The number of para-hydroxylation sites is 2. The number of hydrogen-bond acceptors (Lipinski definition) is 6. The van der Waals surface area contributed by atoms with Gasteiger partial charge in [-0.2, -0.15) is 0 Å². The summed E-state index contributed by atoms with van der Waals surface area (Å²) >= 11 is 0. The van der Waals surface area contributed by atoms with E-state index < -0.39 is 24.0 Å². The van der Waals surface area contributed by atoms with Crippen LogP contribution in [-0.4, -0.2) is 29.6 Å². The molecular formula is C25H22N2O5. The fraction of sp³-hybridized carbons (Fsp3) is 0.200. The van der Waals surface area contributed by atoms with Gasteiger partial charge in [-0.3, -0.25) is 14.4 Å². The molecular weight excluding hydrogens is 408 g/mol. The van der Waals surface area contributed by atoms with Gasteiger partial charge in [-0.05, 0) is 48.9 Å². The summed E-state index contributed by atoms with van der Waals surface area (Å²) in [6.07, 6.45) is -0.947. The number of imide groups is 1. The molecule has 5 rings (SSSR count). The Balaban J connectivity index is 1.60. The Bertz CT molecular complexity index is 1150. The van der Waals surface area contributed by atoms with Crippen molar-refractivity contribution in [1.29, 1.82) is 0 Å². The minimum Gasteiger partial charge on any atom is -0.504 e. The van der Waals surface area contributed by atoms with Crippen LogP contribution in [0.25, 0.3) is 0 Å². The Hall–Kier alpha value is -3.84. The third kappa shape index (κ3) is 3.18. The molecule has 2 heterocycles. The van der Waals surface area contributed by atoms with Crippen LogP contribution in [0.2, 0.25) is 0 Å². The first kappa shape index (κ1) is 20.1. The van der Waals surface area contributed by atoms with Crippen molar-refractivity contribution in [2.24, 2.45) is 5.92 Å². The van der Waals surface area contributed by atoms with E-state index >= 15 is 0 Å². The van der Waals surface area contributed by atoms with Gasteiger partial charge in [0, 0.05) is 0 Å². The van der Waals surface area contributed by atoms with Gasteiger partial charge in [0.15, 0.2) is 17.6 Å². The van der Waals surface area contributed by atoms with Crippen molar-refractivity contribution in [2.75, 3.05) is 16.6 Å². The highest BCUT2D eigenvalue weighted by Crippen LogP contribution is 2.48. The molecule has 162 valence electrons. The van der Waals surface area contributed by atoms with Crippen molar-refractivity contribution in [2.45, 2.75) is 19.1 Å². The van der Waals surface area contributed by atoms with Crippen LogP contribution in [0.4, 0.5) is 11.4 Å². The summed E-state index contributed by atoms with van der Waals surface area (Å²) < 4.78 is 5.56. The fourth-order valence-electron chi connectivity index (χ4n) is 4.37. The maximum absolute atomic E-state index is 13.6. The first-order chi connectivity index (χ1) is 15.6. The van der Waals surface area contributed by atoms with E-state index in [-0.39, 0.29) is 11.7 Å². The van der Waals surface area contributed by atoms with E-state index in [9.17, 15) is 14.7 Å². The predicted molar refractivity (Wildman–Crippen MR) is 118 cm³/mol. The molecule has 0 spiro atoms. The number of amides is 2. The standard InChI is InChI=1S/C25H22N2O5/c1-2-31-20-15-16(13-14-19(20)28)22-21-23(32-27(22)18-11-7-4-8-12-18)25(30)26(24(21)29)17-9-5-3-6-10-17/h3-15,21-23,28H,2H2,1H3/t21-,22-,23-/m0/s1.